The van der Waals surface area contributed by atoms with E-state index in [0.29, 0.717) is 0 Å². The average molecular weight is 216 g/mol. The molecule has 2 rings (SSSR count). The quantitative estimate of drug-likeness (QED) is 0.620. The molecule has 2 aliphatic rings. The molecule has 2 heterocycles. The molecule has 2 aliphatic heterocycles. The van der Waals surface area contributed by atoms with Gasteiger partial charge in [-0.2, -0.15) is 0 Å². The molecule has 3 N–H and O–H groups in total. The minimum absolute atomic E-state index is 0.267. The van der Waals surface area contributed by atoms with E-state index in [4.69, 9.17) is 5.11 Å². The van der Waals surface area contributed by atoms with E-state index in [-0.39, 0.29) is 5.57 Å². The highest BCUT2D eigenvalue weighted by Gasteiger charge is 2.11. The molecule has 0 aliphatic carbocycles. The first kappa shape index (κ1) is 10.3. The fourth-order valence-corrected chi connectivity index (χ4v) is 1.49. The molecular formula is C12H12N2O2. The van der Waals surface area contributed by atoms with E-state index in [1.807, 2.05) is 25.3 Å². The second kappa shape index (κ2) is 4.10. The Morgan fingerprint density at radius 3 is 2.38 bits per heavy atom. The van der Waals surface area contributed by atoms with Crippen molar-refractivity contribution in [1.82, 2.24) is 10.6 Å². The number of rotatable bonds is 1. The maximum atomic E-state index is 10.8. The maximum Gasteiger partial charge on any atom is 0.335 e. The first-order valence-corrected chi connectivity index (χ1v) is 4.90. The molecule has 0 aromatic rings. The Labute approximate surface area is 93.3 Å². The van der Waals surface area contributed by atoms with Crippen LogP contribution in [0, 0.1) is 0 Å². The van der Waals surface area contributed by atoms with Gasteiger partial charge >= 0.3 is 5.97 Å². The molecule has 0 bridgehead atoms. The Bertz CT molecular complexity index is 479. The van der Waals surface area contributed by atoms with Gasteiger partial charge in [0.15, 0.2) is 0 Å². The van der Waals surface area contributed by atoms with Crippen molar-refractivity contribution in [2.24, 2.45) is 0 Å². The Morgan fingerprint density at radius 2 is 1.75 bits per heavy atom. The van der Waals surface area contributed by atoms with Crippen LogP contribution in [0.2, 0.25) is 0 Å². The van der Waals surface area contributed by atoms with E-state index >= 15 is 0 Å². The summed E-state index contributed by atoms with van der Waals surface area (Å²) in [5.74, 6) is -0.928. The van der Waals surface area contributed by atoms with Crippen molar-refractivity contribution in [2.75, 3.05) is 0 Å². The van der Waals surface area contributed by atoms with E-state index in [2.05, 4.69) is 10.6 Å². The van der Waals surface area contributed by atoms with Crippen molar-refractivity contribution in [3.05, 3.63) is 59.2 Å². The van der Waals surface area contributed by atoms with Crippen LogP contribution in [0.3, 0.4) is 0 Å². The van der Waals surface area contributed by atoms with Crippen LogP contribution in [-0.2, 0) is 4.79 Å². The Morgan fingerprint density at radius 1 is 1.12 bits per heavy atom. The largest absolute Gasteiger partial charge is 0.478 e. The minimum atomic E-state index is -0.928. The SMILES string of the molecule is CC1=CC(=C2C=C(C(=O)O)C=CN2)NC=C1. The Hall–Kier alpha value is -2.23. The van der Waals surface area contributed by atoms with Gasteiger partial charge in [-0.3, -0.25) is 0 Å². The van der Waals surface area contributed by atoms with Crippen LogP contribution >= 0.6 is 0 Å². The zero-order valence-electron chi connectivity index (χ0n) is 8.82. The van der Waals surface area contributed by atoms with Crippen LogP contribution in [0.25, 0.3) is 0 Å². The summed E-state index contributed by atoms with van der Waals surface area (Å²) < 4.78 is 0. The van der Waals surface area contributed by atoms with Gasteiger partial charge in [0.1, 0.15) is 0 Å². The highest BCUT2D eigenvalue weighted by molar-refractivity contribution is 5.90. The van der Waals surface area contributed by atoms with E-state index in [9.17, 15) is 4.79 Å². The molecule has 0 saturated carbocycles. The third-order valence-corrected chi connectivity index (χ3v) is 2.30. The first-order valence-electron chi connectivity index (χ1n) is 4.90. The number of aliphatic carboxylic acids is 1. The average Bonchev–Trinajstić information content (AvgIpc) is 2.29. The number of carboxylic acids is 1. The lowest BCUT2D eigenvalue weighted by Crippen LogP contribution is -2.18. The van der Waals surface area contributed by atoms with Gasteiger partial charge < -0.3 is 15.7 Å². The molecule has 0 fully saturated rings. The zero-order valence-corrected chi connectivity index (χ0v) is 8.82. The summed E-state index contributed by atoms with van der Waals surface area (Å²) >= 11 is 0. The molecule has 0 unspecified atom stereocenters. The van der Waals surface area contributed by atoms with Crippen molar-refractivity contribution < 1.29 is 9.90 Å². The van der Waals surface area contributed by atoms with Crippen molar-refractivity contribution in [2.45, 2.75) is 6.92 Å². The topological polar surface area (TPSA) is 61.4 Å². The predicted octanol–water partition coefficient (Wildman–Crippen LogP) is 1.39. The first-order chi connectivity index (χ1) is 7.66. The fraction of sp³-hybridized carbons (Fsp3) is 0.0833. The van der Waals surface area contributed by atoms with Gasteiger partial charge in [0, 0.05) is 12.4 Å². The molecular weight excluding hydrogens is 204 g/mol. The summed E-state index contributed by atoms with van der Waals surface area (Å²) in [7, 11) is 0. The number of dihydropyridines is 2. The number of nitrogens with one attached hydrogen (secondary N) is 2. The monoisotopic (exact) mass is 216 g/mol. The van der Waals surface area contributed by atoms with Crippen molar-refractivity contribution >= 4 is 5.97 Å². The van der Waals surface area contributed by atoms with Gasteiger partial charge in [-0.25, -0.2) is 4.79 Å². The summed E-state index contributed by atoms with van der Waals surface area (Å²) in [5, 5.41) is 15.0. The number of carboxylic acid groups (broad SMARTS) is 1. The summed E-state index contributed by atoms with van der Waals surface area (Å²) in [6.45, 7) is 1.98. The lowest BCUT2D eigenvalue weighted by atomic mass is 10.1. The zero-order chi connectivity index (χ0) is 11.5. The highest BCUT2D eigenvalue weighted by atomic mass is 16.4. The van der Waals surface area contributed by atoms with E-state index in [1.165, 1.54) is 6.08 Å². The van der Waals surface area contributed by atoms with Gasteiger partial charge in [0.2, 0.25) is 0 Å². The number of hydrogen-bond donors (Lipinski definition) is 3. The molecule has 0 aromatic carbocycles. The third kappa shape index (κ3) is 2.06. The molecule has 0 saturated heterocycles. The van der Waals surface area contributed by atoms with Crippen LogP contribution in [-0.4, -0.2) is 11.1 Å². The maximum absolute atomic E-state index is 10.8. The van der Waals surface area contributed by atoms with E-state index in [1.54, 1.807) is 12.3 Å². The lowest BCUT2D eigenvalue weighted by Gasteiger charge is -2.16. The van der Waals surface area contributed by atoms with Gasteiger partial charge in [-0.1, -0.05) is 0 Å². The second-order valence-corrected chi connectivity index (χ2v) is 3.58. The highest BCUT2D eigenvalue weighted by Crippen LogP contribution is 2.15. The molecule has 0 amide bonds. The molecule has 82 valence electrons. The van der Waals surface area contributed by atoms with Crippen molar-refractivity contribution in [3.63, 3.8) is 0 Å². The summed E-state index contributed by atoms with van der Waals surface area (Å²) in [4.78, 5) is 10.8. The summed E-state index contributed by atoms with van der Waals surface area (Å²) in [6.07, 6.45) is 10.5. The number of hydrogen-bond acceptors (Lipinski definition) is 3. The van der Waals surface area contributed by atoms with Gasteiger partial charge in [0.25, 0.3) is 0 Å². The smallest absolute Gasteiger partial charge is 0.335 e. The van der Waals surface area contributed by atoms with Gasteiger partial charge in [0.05, 0.1) is 17.0 Å². The Kier molecular flexibility index (Phi) is 2.64. The van der Waals surface area contributed by atoms with E-state index in [0.717, 1.165) is 17.0 Å². The molecule has 0 atom stereocenters. The summed E-state index contributed by atoms with van der Waals surface area (Å²) in [5.41, 5.74) is 3.00. The molecule has 16 heavy (non-hydrogen) atoms. The molecule has 4 heteroatoms. The molecule has 0 radical (unpaired) electrons. The molecule has 4 nitrogen and oxygen atoms in total. The van der Waals surface area contributed by atoms with Gasteiger partial charge in [-0.05, 0) is 36.8 Å². The van der Waals surface area contributed by atoms with Crippen molar-refractivity contribution in [1.29, 1.82) is 0 Å². The predicted molar refractivity (Wildman–Crippen MR) is 61.1 cm³/mol. The second-order valence-electron chi connectivity index (χ2n) is 3.58. The minimum Gasteiger partial charge on any atom is -0.478 e. The third-order valence-electron chi connectivity index (χ3n) is 2.30. The van der Waals surface area contributed by atoms with Crippen LogP contribution in [0.4, 0.5) is 0 Å². The molecule has 0 spiro atoms. The standard InChI is InChI=1S/C12H12N2O2/c1-8-2-4-13-10(6-8)11-7-9(12(15)16)3-5-14-11/h2-7,13-14H,1H3,(H,15,16). The number of allylic oxidation sites excluding steroid dienone is 4. The van der Waals surface area contributed by atoms with Crippen LogP contribution < -0.4 is 10.6 Å². The Balaban J connectivity index is 2.36. The van der Waals surface area contributed by atoms with Crippen LogP contribution in [0.1, 0.15) is 6.92 Å². The van der Waals surface area contributed by atoms with Gasteiger partial charge in [-0.15, -0.1) is 0 Å². The van der Waals surface area contributed by atoms with Crippen LogP contribution in [0.5, 0.6) is 0 Å². The fourth-order valence-electron chi connectivity index (χ4n) is 1.49. The van der Waals surface area contributed by atoms with E-state index < -0.39 is 5.97 Å². The van der Waals surface area contributed by atoms with Crippen LogP contribution in [0.15, 0.2) is 59.2 Å². The summed E-state index contributed by atoms with van der Waals surface area (Å²) in [6, 6.07) is 0. The number of carbonyl (C=O) groups is 1. The van der Waals surface area contributed by atoms with Crippen molar-refractivity contribution in [3.8, 4) is 0 Å². The molecule has 0 aromatic heterocycles. The lowest BCUT2D eigenvalue weighted by molar-refractivity contribution is -0.132. The normalized spacial score (nSPS) is 23.1.